The Morgan fingerprint density at radius 2 is 1.50 bits per heavy atom. The van der Waals surface area contributed by atoms with E-state index in [1.165, 1.54) is 0 Å². The van der Waals surface area contributed by atoms with Crippen LogP contribution in [0, 0.1) is 5.92 Å². The predicted molar refractivity (Wildman–Crippen MR) is 104 cm³/mol. The molecule has 0 aliphatic rings. The molecule has 0 saturated carbocycles. The molecule has 2 aromatic carbocycles. The van der Waals surface area contributed by atoms with Crippen molar-refractivity contribution in [2.24, 2.45) is 11.7 Å². The van der Waals surface area contributed by atoms with Crippen molar-refractivity contribution >= 4 is 11.8 Å². The first-order chi connectivity index (χ1) is 12.4. The third-order valence-electron chi connectivity index (χ3n) is 4.34. The van der Waals surface area contributed by atoms with Crippen molar-refractivity contribution in [1.82, 2.24) is 10.6 Å². The topological polar surface area (TPSA) is 84.2 Å². The molecule has 0 fully saturated rings. The van der Waals surface area contributed by atoms with E-state index >= 15 is 0 Å². The molecule has 0 spiro atoms. The molecule has 2 aromatic rings. The molecule has 1 unspecified atom stereocenters. The van der Waals surface area contributed by atoms with Gasteiger partial charge in [0, 0.05) is 0 Å². The second kappa shape index (κ2) is 9.15. The summed E-state index contributed by atoms with van der Waals surface area (Å²) in [5.74, 6) is -0.524. The third-order valence-corrected chi connectivity index (χ3v) is 4.34. The van der Waals surface area contributed by atoms with Crippen LogP contribution in [0.15, 0.2) is 54.6 Å². The molecule has 0 heterocycles. The average molecular weight is 353 g/mol. The van der Waals surface area contributed by atoms with Crippen LogP contribution >= 0.6 is 0 Å². The van der Waals surface area contributed by atoms with Crippen molar-refractivity contribution in [3.8, 4) is 11.1 Å². The van der Waals surface area contributed by atoms with E-state index in [4.69, 9.17) is 5.73 Å². The summed E-state index contributed by atoms with van der Waals surface area (Å²) in [5.41, 5.74) is 9.04. The molecule has 4 N–H and O–H groups in total. The van der Waals surface area contributed by atoms with Crippen molar-refractivity contribution in [3.05, 3.63) is 60.2 Å². The number of benzene rings is 2. The van der Waals surface area contributed by atoms with Crippen molar-refractivity contribution in [2.75, 3.05) is 6.54 Å². The standard InChI is InChI=1S/C21H27N3O2/c1-14(2)20(22)21(26)23-13-19(25)24-15(3)16-9-11-18(12-10-16)17-7-5-4-6-8-17/h4-12,14-15,20H,13,22H2,1-3H3,(H,23,26)(H,24,25)/t15?,20-/m0/s1. The van der Waals surface area contributed by atoms with Gasteiger partial charge in [0.2, 0.25) is 11.8 Å². The summed E-state index contributed by atoms with van der Waals surface area (Å²) >= 11 is 0. The van der Waals surface area contributed by atoms with Crippen LogP contribution in [-0.4, -0.2) is 24.4 Å². The minimum Gasteiger partial charge on any atom is -0.348 e. The van der Waals surface area contributed by atoms with Crippen LogP contribution in [0.25, 0.3) is 11.1 Å². The number of nitrogens with one attached hydrogen (secondary N) is 2. The van der Waals surface area contributed by atoms with E-state index < -0.39 is 6.04 Å². The van der Waals surface area contributed by atoms with Gasteiger partial charge >= 0.3 is 0 Å². The lowest BCUT2D eigenvalue weighted by atomic mass is 10.0. The zero-order valence-electron chi connectivity index (χ0n) is 15.5. The van der Waals surface area contributed by atoms with Crippen molar-refractivity contribution in [2.45, 2.75) is 32.9 Å². The quantitative estimate of drug-likeness (QED) is 0.715. The summed E-state index contributed by atoms with van der Waals surface area (Å²) in [6, 6.07) is 17.4. The van der Waals surface area contributed by atoms with Gasteiger partial charge in [-0.05, 0) is 29.5 Å². The van der Waals surface area contributed by atoms with Gasteiger partial charge < -0.3 is 16.4 Å². The summed E-state index contributed by atoms with van der Waals surface area (Å²) in [4.78, 5) is 23.8. The zero-order valence-corrected chi connectivity index (χ0v) is 15.5. The molecule has 2 rings (SSSR count). The molecule has 0 saturated heterocycles. The summed E-state index contributed by atoms with van der Waals surface area (Å²) in [5, 5.41) is 5.46. The number of amides is 2. The van der Waals surface area contributed by atoms with E-state index in [1.54, 1.807) is 0 Å². The van der Waals surface area contributed by atoms with Gasteiger partial charge in [0.15, 0.2) is 0 Å². The molecule has 2 atom stereocenters. The number of carbonyl (C=O) groups is 2. The fourth-order valence-corrected chi connectivity index (χ4v) is 2.56. The zero-order chi connectivity index (χ0) is 19.1. The Labute approximate surface area is 155 Å². The third kappa shape index (κ3) is 5.43. The number of rotatable bonds is 7. The summed E-state index contributed by atoms with van der Waals surface area (Å²) < 4.78 is 0. The van der Waals surface area contributed by atoms with Crippen molar-refractivity contribution < 1.29 is 9.59 Å². The highest BCUT2D eigenvalue weighted by molar-refractivity contribution is 5.87. The number of nitrogens with two attached hydrogens (primary N) is 1. The van der Waals surface area contributed by atoms with E-state index in [2.05, 4.69) is 22.8 Å². The van der Waals surface area contributed by atoms with Gasteiger partial charge in [0.1, 0.15) is 0 Å². The van der Waals surface area contributed by atoms with Crippen molar-refractivity contribution in [1.29, 1.82) is 0 Å². The Morgan fingerprint density at radius 3 is 2.08 bits per heavy atom. The largest absolute Gasteiger partial charge is 0.348 e. The van der Waals surface area contributed by atoms with E-state index in [1.807, 2.05) is 63.2 Å². The SMILES string of the molecule is CC(NC(=O)CNC(=O)[C@@H](N)C(C)C)c1ccc(-c2ccccc2)cc1. The molecule has 138 valence electrons. The van der Waals surface area contributed by atoms with E-state index in [0.717, 1.165) is 16.7 Å². The Balaban J connectivity index is 1.88. The molecular weight excluding hydrogens is 326 g/mol. The second-order valence-electron chi connectivity index (χ2n) is 6.76. The Bertz CT molecular complexity index is 727. The highest BCUT2D eigenvalue weighted by Crippen LogP contribution is 2.21. The lowest BCUT2D eigenvalue weighted by Crippen LogP contribution is -2.47. The van der Waals surface area contributed by atoms with E-state index in [-0.39, 0.29) is 30.3 Å². The monoisotopic (exact) mass is 353 g/mol. The van der Waals surface area contributed by atoms with Gasteiger partial charge in [-0.25, -0.2) is 0 Å². The van der Waals surface area contributed by atoms with E-state index in [0.29, 0.717) is 0 Å². The normalized spacial score (nSPS) is 13.1. The highest BCUT2D eigenvalue weighted by Gasteiger charge is 2.18. The minimum atomic E-state index is -0.606. The van der Waals surface area contributed by atoms with Gasteiger partial charge in [-0.2, -0.15) is 0 Å². The second-order valence-corrected chi connectivity index (χ2v) is 6.76. The van der Waals surface area contributed by atoms with Crippen LogP contribution in [0.2, 0.25) is 0 Å². The fraction of sp³-hybridized carbons (Fsp3) is 0.333. The lowest BCUT2D eigenvalue weighted by Gasteiger charge is -2.17. The van der Waals surface area contributed by atoms with Gasteiger partial charge in [0.05, 0.1) is 18.6 Å². The van der Waals surface area contributed by atoms with Gasteiger partial charge in [-0.15, -0.1) is 0 Å². The molecule has 5 nitrogen and oxygen atoms in total. The molecule has 5 heteroatoms. The van der Waals surface area contributed by atoms with Gasteiger partial charge in [-0.1, -0.05) is 68.4 Å². The Kier molecular flexibility index (Phi) is 6.92. The molecule has 0 aliphatic carbocycles. The van der Waals surface area contributed by atoms with Crippen LogP contribution in [0.4, 0.5) is 0 Å². The maximum Gasteiger partial charge on any atom is 0.239 e. The summed E-state index contributed by atoms with van der Waals surface area (Å²) in [6.07, 6.45) is 0. The lowest BCUT2D eigenvalue weighted by molar-refractivity contribution is -0.127. The smallest absolute Gasteiger partial charge is 0.239 e. The molecule has 0 bridgehead atoms. The predicted octanol–water partition coefficient (Wildman–Crippen LogP) is 2.63. The van der Waals surface area contributed by atoms with Gasteiger partial charge in [0.25, 0.3) is 0 Å². The Morgan fingerprint density at radius 1 is 0.923 bits per heavy atom. The van der Waals surface area contributed by atoms with Crippen molar-refractivity contribution in [3.63, 3.8) is 0 Å². The highest BCUT2D eigenvalue weighted by atomic mass is 16.2. The number of hydrogen-bond acceptors (Lipinski definition) is 3. The molecule has 0 aromatic heterocycles. The maximum absolute atomic E-state index is 12.0. The first kappa shape index (κ1) is 19.7. The average Bonchev–Trinajstić information content (AvgIpc) is 2.66. The molecule has 0 aliphatic heterocycles. The van der Waals surface area contributed by atoms with Crippen LogP contribution in [-0.2, 0) is 9.59 Å². The fourth-order valence-electron chi connectivity index (χ4n) is 2.56. The van der Waals surface area contributed by atoms with Crippen LogP contribution < -0.4 is 16.4 Å². The molecular formula is C21H27N3O2. The van der Waals surface area contributed by atoms with Crippen LogP contribution in [0.3, 0.4) is 0 Å². The first-order valence-electron chi connectivity index (χ1n) is 8.86. The molecule has 0 radical (unpaired) electrons. The number of hydrogen-bond donors (Lipinski definition) is 3. The van der Waals surface area contributed by atoms with Crippen LogP contribution in [0.1, 0.15) is 32.4 Å². The Hall–Kier alpha value is -2.66. The number of carbonyl (C=O) groups excluding carboxylic acids is 2. The van der Waals surface area contributed by atoms with E-state index in [9.17, 15) is 9.59 Å². The molecule has 2 amide bonds. The summed E-state index contributed by atoms with van der Waals surface area (Å²) in [7, 11) is 0. The minimum absolute atomic E-state index is 0.0279. The summed E-state index contributed by atoms with van der Waals surface area (Å²) in [6.45, 7) is 5.57. The first-order valence-corrected chi connectivity index (χ1v) is 8.86. The maximum atomic E-state index is 12.0. The van der Waals surface area contributed by atoms with Crippen LogP contribution in [0.5, 0.6) is 0 Å². The molecule has 26 heavy (non-hydrogen) atoms. The van der Waals surface area contributed by atoms with Gasteiger partial charge in [-0.3, -0.25) is 9.59 Å².